The molecule has 0 unspecified atom stereocenters. The van der Waals surface area contributed by atoms with Crippen LogP contribution in [0.1, 0.15) is 12.3 Å². The molecule has 0 aliphatic carbocycles. The third kappa shape index (κ3) is 4.96. The Bertz CT molecular complexity index is 895. The summed E-state index contributed by atoms with van der Waals surface area (Å²) in [5, 5.41) is 10.1. The van der Waals surface area contributed by atoms with Crippen LogP contribution in [0.15, 0.2) is 45.6 Å². The van der Waals surface area contributed by atoms with Gasteiger partial charge in [0.15, 0.2) is 6.61 Å². The molecule has 0 saturated carbocycles. The van der Waals surface area contributed by atoms with Crippen molar-refractivity contribution >= 4 is 28.9 Å². The SMILES string of the molecule is O=C(COC(=O)CCc1nc(-c2ccsc2)no1)Nc1cccc(F)c1. The highest BCUT2D eigenvalue weighted by molar-refractivity contribution is 7.08. The number of thiophene rings is 1. The number of amides is 1. The van der Waals surface area contributed by atoms with Crippen molar-refractivity contribution in [2.75, 3.05) is 11.9 Å². The Morgan fingerprint density at radius 2 is 2.19 bits per heavy atom. The molecule has 2 aromatic heterocycles. The second-order valence-electron chi connectivity index (χ2n) is 5.24. The molecule has 0 spiro atoms. The maximum atomic E-state index is 13.0. The van der Waals surface area contributed by atoms with Gasteiger partial charge in [-0.1, -0.05) is 11.2 Å². The van der Waals surface area contributed by atoms with Crippen LogP contribution >= 0.6 is 11.3 Å². The van der Waals surface area contributed by atoms with Crippen molar-refractivity contribution in [2.24, 2.45) is 0 Å². The minimum Gasteiger partial charge on any atom is -0.456 e. The number of benzene rings is 1. The second-order valence-corrected chi connectivity index (χ2v) is 6.02. The fourth-order valence-electron chi connectivity index (χ4n) is 2.06. The van der Waals surface area contributed by atoms with Crippen molar-refractivity contribution in [1.29, 1.82) is 0 Å². The molecule has 0 radical (unpaired) electrons. The van der Waals surface area contributed by atoms with Crippen molar-refractivity contribution in [1.82, 2.24) is 10.1 Å². The van der Waals surface area contributed by atoms with Gasteiger partial charge in [-0.15, -0.1) is 0 Å². The molecule has 0 saturated heterocycles. The Hall–Kier alpha value is -3.07. The van der Waals surface area contributed by atoms with Crippen LogP contribution in [0.2, 0.25) is 0 Å². The number of halogens is 1. The highest BCUT2D eigenvalue weighted by Gasteiger charge is 2.13. The molecule has 0 fully saturated rings. The predicted octanol–water partition coefficient (Wildman–Crippen LogP) is 3.05. The minimum absolute atomic E-state index is 0.00147. The first-order valence-corrected chi connectivity index (χ1v) is 8.60. The molecule has 134 valence electrons. The van der Waals surface area contributed by atoms with E-state index in [4.69, 9.17) is 9.26 Å². The lowest BCUT2D eigenvalue weighted by Crippen LogP contribution is -2.21. The molecule has 1 aromatic carbocycles. The Morgan fingerprint density at radius 3 is 2.96 bits per heavy atom. The number of nitrogens with zero attached hydrogens (tertiary/aromatic N) is 2. The summed E-state index contributed by atoms with van der Waals surface area (Å²) in [7, 11) is 0. The van der Waals surface area contributed by atoms with Crippen LogP contribution in [0.25, 0.3) is 11.4 Å². The molecule has 9 heteroatoms. The number of rotatable bonds is 7. The molecule has 0 aliphatic heterocycles. The summed E-state index contributed by atoms with van der Waals surface area (Å²) in [4.78, 5) is 27.6. The molecular weight excluding hydrogens is 361 g/mol. The van der Waals surface area contributed by atoms with Gasteiger partial charge in [0.1, 0.15) is 5.82 Å². The number of anilines is 1. The molecular formula is C17H14FN3O4S. The first-order chi connectivity index (χ1) is 12.6. The number of carbonyl (C=O) groups is 2. The Labute approximate surface area is 151 Å². The predicted molar refractivity (Wildman–Crippen MR) is 91.9 cm³/mol. The van der Waals surface area contributed by atoms with Crippen molar-refractivity contribution in [2.45, 2.75) is 12.8 Å². The Morgan fingerprint density at radius 1 is 1.31 bits per heavy atom. The first kappa shape index (κ1) is 17.7. The lowest BCUT2D eigenvalue weighted by Gasteiger charge is -2.06. The molecule has 3 aromatic rings. The highest BCUT2D eigenvalue weighted by atomic mass is 32.1. The molecule has 7 nitrogen and oxygen atoms in total. The molecule has 2 heterocycles. The summed E-state index contributed by atoms with van der Waals surface area (Å²) < 4.78 is 23.0. The van der Waals surface area contributed by atoms with Crippen LogP contribution in [-0.2, 0) is 20.7 Å². The summed E-state index contributed by atoms with van der Waals surface area (Å²) in [6, 6.07) is 7.29. The Balaban J connectivity index is 1.41. The zero-order valence-corrected chi connectivity index (χ0v) is 14.3. The van der Waals surface area contributed by atoms with Crippen molar-refractivity contribution in [3.05, 3.63) is 52.8 Å². The number of aryl methyl sites for hydroxylation is 1. The quantitative estimate of drug-likeness (QED) is 0.638. The van der Waals surface area contributed by atoms with Crippen molar-refractivity contribution in [3.8, 4) is 11.4 Å². The zero-order chi connectivity index (χ0) is 18.4. The van der Waals surface area contributed by atoms with Crippen LogP contribution in [0.4, 0.5) is 10.1 Å². The number of ether oxygens (including phenoxy) is 1. The van der Waals surface area contributed by atoms with Gasteiger partial charge in [-0.2, -0.15) is 16.3 Å². The number of hydrogen-bond acceptors (Lipinski definition) is 7. The minimum atomic E-state index is -0.574. The van der Waals surface area contributed by atoms with Crippen LogP contribution in [0, 0.1) is 5.82 Å². The van der Waals surface area contributed by atoms with Gasteiger partial charge in [0, 0.05) is 23.1 Å². The number of nitrogens with one attached hydrogen (secondary N) is 1. The average molecular weight is 375 g/mol. The van der Waals surface area contributed by atoms with E-state index < -0.39 is 24.3 Å². The van der Waals surface area contributed by atoms with Gasteiger partial charge in [-0.05, 0) is 29.6 Å². The topological polar surface area (TPSA) is 94.3 Å². The normalized spacial score (nSPS) is 10.5. The molecule has 26 heavy (non-hydrogen) atoms. The molecule has 0 aliphatic rings. The van der Waals surface area contributed by atoms with Crippen LogP contribution in [-0.4, -0.2) is 28.6 Å². The number of carbonyl (C=O) groups excluding carboxylic acids is 2. The van der Waals surface area contributed by atoms with Crippen molar-refractivity contribution in [3.63, 3.8) is 0 Å². The van der Waals surface area contributed by atoms with E-state index in [9.17, 15) is 14.0 Å². The van der Waals surface area contributed by atoms with E-state index in [1.165, 1.54) is 35.6 Å². The number of aromatic nitrogens is 2. The van der Waals surface area contributed by atoms with Gasteiger partial charge < -0.3 is 14.6 Å². The fraction of sp³-hybridized carbons (Fsp3) is 0.176. The third-order valence-corrected chi connectivity index (χ3v) is 3.95. The zero-order valence-electron chi connectivity index (χ0n) is 13.5. The van der Waals surface area contributed by atoms with Gasteiger partial charge >= 0.3 is 5.97 Å². The molecule has 1 amide bonds. The second kappa shape index (κ2) is 8.34. The lowest BCUT2D eigenvalue weighted by atomic mass is 10.3. The van der Waals surface area contributed by atoms with Crippen LogP contribution in [0.3, 0.4) is 0 Å². The maximum Gasteiger partial charge on any atom is 0.306 e. The first-order valence-electron chi connectivity index (χ1n) is 7.66. The Kier molecular flexibility index (Phi) is 5.69. The highest BCUT2D eigenvalue weighted by Crippen LogP contribution is 2.19. The smallest absolute Gasteiger partial charge is 0.306 e. The lowest BCUT2D eigenvalue weighted by molar-refractivity contribution is -0.147. The van der Waals surface area contributed by atoms with Gasteiger partial charge in [-0.3, -0.25) is 9.59 Å². The molecule has 3 rings (SSSR count). The van der Waals surface area contributed by atoms with Gasteiger partial charge in [0.05, 0.1) is 6.42 Å². The van der Waals surface area contributed by atoms with Gasteiger partial charge in [0.2, 0.25) is 11.7 Å². The monoisotopic (exact) mass is 375 g/mol. The van der Waals surface area contributed by atoms with E-state index in [2.05, 4.69) is 15.5 Å². The fourth-order valence-corrected chi connectivity index (χ4v) is 2.69. The molecule has 1 N–H and O–H groups in total. The van der Waals surface area contributed by atoms with E-state index in [1.807, 2.05) is 16.8 Å². The standard InChI is InChI=1S/C17H14FN3O4S/c18-12-2-1-3-13(8-12)19-14(22)9-24-16(23)5-4-15-20-17(21-25-15)11-6-7-26-10-11/h1-3,6-8,10H,4-5,9H2,(H,19,22). The summed E-state index contributed by atoms with van der Waals surface area (Å²) in [5.74, 6) is -0.825. The van der Waals surface area contributed by atoms with E-state index in [1.54, 1.807) is 0 Å². The number of hydrogen-bond donors (Lipinski definition) is 1. The maximum absolute atomic E-state index is 13.0. The summed E-state index contributed by atoms with van der Waals surface area (Å²) >= 11 is 1.52. The largest absolute Gasteiger partial charge is 0.456 e. The van der Waals surface area contributed by atoms with E-state index in [-0.39, 0.29) is 18.5 Å². The van der Waals surface area contributed by atoms with Crippen molar-refractivity contribution < 1.29 is 23.2 Å². The van der Waals surface area contributed by atoms with Gasteiger partial charge in [0.25, 0.3) is 5.91 Å². The van der Waals surface area contributed by atoms with E-state index in [0.717, 1.165) is 5.56 Å². The average Bonchev–Trinajstić information content (AvgIpc) is 3.29. The molecule has 0 bridgehead atoms. The van der Waals surface area contributed by atoms with Gasteiger partial charge in [-0.25, -0.2) is 4.39 Å². The number of esters is 1. The van der Waals surface area contributed by atoms with Crippen LogP contribution in [0.5, 0.6) is 0 Å². The summed E-state index contributed by atoms with van der Waals surface area (Å²) in [5.41, 5.74) is 1.14. The van der Waals surface area contributed by atoms with Crippen LogP contribution < -0.4 is 5.32 Å². The summed E-state index contributed by atoms with van der Waals surface area (Å²) in [6.07, 6.45) is 0.208. The molecule has 0 atom stereocenters. The van der Waals surface area contributed by atoms with E-state index >= 15 is 0 Å². The third-order valence-electron chi connectivity index (χ3n) is 3.26. The van der Waals surface area contributed by atoms with E-state index in [0.29, 0.717) is 11.7 Å². The summed E-state index contributed by atoms with van der Waals surface area (Å²) in [6.45, 7) is -0.459.